The molecule has 2 heterocycles. The van der Waals surface area contributed by atoms with E-state index >= 15 is 0 Å². The minimum atomic E-state index is 0.279. The molecule has 0 aliphatic carbocycles. The Kier molecular flexibility index (Phi) is 4.58. The van der Waals surface area contributed by atoms with Crippen molar-refractivity contribution in [3.05, 3.63) is 17.7 Å². The van der Waals surface area contributed by atoms with E-state index in [4.69, 9.17) is 14.2 Å². The van der Waals surface area contributed by atoms with Crippen LogP contribution >= 0.6 is 11.8 Å². The molecule has 0 saturated carbocycles. The third kappa shape index (κ3) is 3.15. The summed E-state index contributed by atoms with van der Waals surface area (Å²) in [6, 6.07) is 4.06. The lowest BCUT2D eigenvalue weighted by Crippen LogP contribution is -2.26. The molecule has 0 amide bonds. The number of benzene rings is 1. The summed E-state index contributed by atoms with van der Waals surface area (Å²) in [6.07, 6.45) is 4.08. The maximum absolute atomic E-state index is 5.44. The Labute approximate surface area is 124 Å². The number of hydrogen-bond acceptors (Lipinski definition) is 5. The van der Waals surface area contributed by atoms with Gasteiger partial charge in [0.05, 0.1) is 7.11 Å². The van der Waals surface area contributed by atoms with Crippen LogP contribution in [0.3, 0.4) is 0 Å². The highest BCUT2D eigenvalue weighted by molar-refractivity contribution is 7.99. The first kappa shape index (κ1) is 13.9. The number of ether oxygens (including phenoxy) is 3. The van der Waals surface area contributed by atoms with Crippen molar-refractivity contribution in [2.24, 2.45) is 0 Å². The van der Waals surface area contributed by atoms with E-state index in [0.29, 0.717) is 0 Å². The Morgan fingerprint density at radius 1 is 1.35 bits per heavy atom. The first-order chi connectivity index (χ1) is 9.86. The SMILES string of the molecule is COc1cc(CNCC2CCCCS2)cc2c1OCO2. The van der Waals surface area contributed by atoms with Gasteiger partial charge in [0.2, 0.25) is 12.5 Å². The minimum absolute atomic E-state index is 0.279. The number of methoxy groups -OCH3 is 1. The van der Waals surface area contributed by atoms with Gasteiger partial charge in [-0.3, -0.25) is 0 Å². The van der Waals surface area contributed by atoms with Crippen LogP contribution in [0.4, 0.5) is 0 Å². The molecule has 0 radical (unpaired) electrons. The second-order valence-electron chi connectivity index (χ2n) is 5.15. The fourth-order valence-corrected chi connectivity index (χ4v) is 3.91. The van der Waals surface area contributed by atoms with Crippen molar-refractivity contribution >= 4 is 11.8 Å². The second-order valence-corrected chi connectivity index (χ2v) is 6.56. The lowest BCUT2D eigenvalue weighted by molar-refractivity contribution is 0.171. The number of thioether (sulfide) groups is 1. The summed E-state index contributed by atoms with van der Waals surface area (Å²) in [5.41, 5.74) is 1.17. The Hall–Kier alpha value is -1.07. The highest BCUT2D eigenvalue weighted by atomic mass is 32.2. The zero-order chi connectivity index (χ0) is 13.8. The van der Waals surface area contributed by atoms with Crippen LogP contribution in [0, 0.1) is 0 Å². The third-order valence-corrected chi connectivity index (χ3v) is 5.09. The van der Waals surface area contributed by atoms with Gasteiger partial charge in [0.25, 0.3) is 0 Å². The summed E-state index contributed by atoms with van der Waals surface area (Å²) in [6.45, 7) is 2.19. The minimum Gasteiger partial charge on any atom is -0.493 e. The van der Waals surface area contributed by atoms with Gasteiger partial charge >= 0.3 is 0 Å². The molecular formula is C15H21NO3S. The van der Waals surface area contributed by atoms with Crippen LogP contribution in [-0.4, -0.2) is 31.5 Å². The molecule has 0 spiro atoms. The van der Waals surface area contributed by atoms with Gasteiger partial charge in [-0.25, -0.2) is 0 Å². The first-order valence-electron chi connectivity index (χ1n) is 7.15. The maximum Gasteiger partial charge on any atom is 0.231 e. The zero-order valence-electron chi connectivity index (χ0n) is 11.8. The molecule has 0 aromatic heterocycles. The van der Waals surface area contributed by atoms with Crippen molar-refractivity contribution in [1.82, 2.24) is 5.32 Å². The van der Waals surface area contributed by atoms with E-state index in [1.165, 1.54) is 30.6 Å². The third-order valence-electron chi connectivity index (χ3n) is 3.69. The summed E-state index contributed by atoms with van der Waals surface area (Å²) in [5.74, 6) is 3.57. The van der Waals surface area contributed by atoms with Crippen molar-refractivity contribution < 1.29 is 14.2 Å². The number of hydrogen-bond donors (Lipinski definition) is 1. The van der Waals surface area contributed by atoms with Gasteiger partial charge in [-0.05, 0) is 36.3 Å². The summed E-state index contributed by atoms with van der Waals surface area (Å²) >= 11 is 2.09. The van der Waals surface area contributed by atoms with Crippen molar-refractivity contribution in [2.75, 3.05) is 26.2 Å². The molecule has 1 atom stereocenters. The van der Waals surface area contributed by atoms with Crippen LogP contribution in [-0.2, 0) is 6.54 Å². The van der Waals surface area contributed by atoms with Crippen LogP contribution < -0.4 is 19.5 Å². The molecule has 2 aliphatic rings. The Bertz CT molecular complexity index is 461. The van der Waals surface area contributed by atoms with E-state index in [9.17, 15) is 0 Å². The molecule has 1 N–H and O–H groups in total. The molecule has 1 fully saturated rings. The number of rotatable bonds is 5. The molecule has 1 unspecified atom stereocenters. The van der Waals surface area contributed by atoms with Crippen molar-refractivity contribution in [3.63, 3.8) is 0 Å². The van der Waals surface area contributed by atoms with Crippen molar-refractivity contribution in [1.29, 1.82) is 0 Å². The number of nitrogens with one attached hydrogen (secondary N) is 1. The fourth-order valence-electron chi connectivity index (χ4n) is 2.63. The van der Waals surface area contributed by atoms with Gasteiger partial charge in [0.15, 0.2) is 11.5 Å². The molecule has 2 aliphatic heterocycles. The molecule has 1 saturated heterocycles. The Balaban J connectivity index is 1.57. The highest BCUT2D eigenvalue weighted by Crippen LogP contribution is 2.41. The van der Waals surface area contributed by atoms with E-state index in [-0.39, 0.29) is 6.79 Å². The first-order valence-corrected chi connectivity index (χ1v) is 8.20. The van der Waals surface area contributed by atoms with Crippen LogP contribution in [0.25, 0.3) is 0 Å². The van der Waals surface area contributed by atoms with Crippen LogP contribution in [0.5, 0.6) is 17.2 Å². The van der Waals surface area contributed by atoms with Gasteiger partial charge in [0.1, 0.15) is 0 Å². The van der Waals surface area contributed by atoms with Crippen molar-refractivity contribution in [2.45, 2.75) is 31.1 Å². The van der Waals surface area contributed by atoms with E-state index < -0.39 is 0 Å². The molecule has 4 nitrogen and oxygen atoms in total. The predicted molar refractivity (Wildman–Crippen MR) is 80.9 cm³/mol. The average molecular weight is 295 g/mol. The summed E-state index contributed by atoms with van der Waals surface area (Å²) < 4.78 is 16.2. The summed E-state index contributed by atoms with van der Waals surface area (Å²) in [4.78, 5) is 0. The lowest BCUT2D eigenvalue weighted by Gasteiger charge is -2.21. The highest BCUT2D eigenvalue weighted by Gasteiger charge is 2.20. The van der Waals surface area contributed by atoms with Gasteiger partial charge < -0.3 is 19.5 Å². The van der Waals surface area contributed by atoms with Gasteiger partial charge in [-0.1, -0.05) is 6.42 Å². The van der Waals surface area contributed by atoms with E-state index in [1.54, 1.807) is 7.11 Å². The molecule has 110 valence electrons. The largest absolute Gasteiger partial charge is 0.493 e. The Morgan fingerprint density at radius 2 is 2.30 bits per heavy atom. The predicted octanol–water partition coefficient (Wildman–Crippen LogP) is 2.80. The molecule has 1 aromatic rings. The van der Waals surface area contributed by atoms with Crippen molar-refractivity contribution in [3.8, 4) is 17.2 Å². The zero-order valence-corrected chi connectivity index (χ0v) is 12.6. The van der Waals surface area contributed by atoms with E-state index in [1.807, 2.05) is 12.1 Å². The van der Waals surface area contributed by atoms with E-state index in [0.717, 1.165) is 35.6 Å². The fraction of sp³-hybridized carbons (Fsp3) is 0.600. The second kappa shape index (κ2) is 6.59. The summed E-state index contributed by atoms with van der Waals surface area (Å²) in [5, 5.41) is 4.30. The quantitative estimate of drug-likeness (QED) is 0.904. The maximum atomic E-state index is 5.44. The number of fused-ring (bicyclic) bond motifs is 1. The normalized spacial score (nSPS) is 20.9. The van der Waals surface area contributed by atoms with Crippen LogP contribution in [0.15, 0.2) is 12.1 Å². The van der Waals surface area contributed by atoms with E-state index in [2.05, 4.69) is 17.1 Å². The topological polar surface area (TPSA) is 39.7 Å². The van der Waals surface area contributed by atoms with Gasteiger partial charge in [-0.2, -0.15) is 11.8 Å². The van der Waals surface area contributed by atoms with Gasteiger partial charge in [-0.15, -0.1) is 0 Å². The lowest BCUT2D eigenvalue weighted by atomic mass is 10.1. The smallest absolute Gasteiger partial charge is 0.231 e. The molecule has 1 aromatic carbocycles. The van der Waals surface area contributed by atoms with Gasteiger partial charge in [0, 0.05) is 18.3 Å². The molecule has 5 heteroatoms. The molecular weight excluding hydrogens is 274 g/mol. The average Bonchev–Trinajstić information content (AvgIpc) is 2.96. The molecule has 3 rings (SSSR count). The van der Waals surface area contributed by atoms with Crippen LogP contribution in [0.1, 0.15) is 24.8 Å². The monoisotopic (exact) mass is 295 g/mol. The van der Waals surface area contributed by atoms with Crippen LogP contribution in [0.2, 0.25) is 0 Å². The molecule has 0 bridgehead atoms. The standard InChI is InChI=1S/C15H21NO3S/c1-17-13-6-11(7-14-15(13)19-10-18-14)8-16-9-12-4-2-3-5-20-12/h6-7,12,16H,2-5,8-10H2,1H3. The molecule has 20 heavy (non-hydrogen) atoms. The summed E-state index contributed by atoms with van der Waals surface area (Å²) in [7, 11) is 1.66. The Morgan fingerprint density at radius 3 is 3.10 bits per heavy atom.